The van der Waals surface area contributed by atoms with E-state index in [2.05, 4.69) is 26.6 Å². The second-order valence-electron chi connectivity index (χ2n) is 4.92. The van der Waals surface area contributed by atoms with E-state index in [1.807, 2.05) is 32.0 Å². The maximum atomic E-state index is 11.6. The summed E-state index contributed by atoms with van der Waals surface area (Å²) in [4.78, 5) is 11.6. The van der Waals surface area contributed by atoms with E-state index in [1.165, 1.54) is 0 Å². The molecule has 0 heterocycles. The Kier molecular flexibility index (Phi) is 4.53. The van der Waals surface area contributed by atoms with Gasteiger partial charge in [-0.15, -0.1) is 0 Å². The lowest BCUT2D eigenvalue weighted by Crippen LogP contribution is -2.18. The van der Waals surface area contributed by atoms with E-state index in [1.54, 1.807) is 19.2 Å². The lowest BCUT2D eigenvalue weighted by molar-refractivity contribution is 0.0963. The molecular weight excluding hydrogens is 330 g/mol. The summed E-state index contributed by atoms with van der Waals surface area (Å²) in [7, 11) is 1.60. The Bertz CT molecular complexity index is 675. The Morgan fingerprint density at radius 2 is 1.76 bits per heavy atom. The van der Waals surface area contributed by atoms with Crippen LogP contribution in [0.3, 0.4) is 0 Å². The second kappa shape index (κ2) is 6.18. The molecule has 0 aromatic heterocycles. The number of aryl methyl sites for hydroxylation is 2. The van der Waals surface area contributed by atoms with E-state index in [-0.39, 0.29) is 5.91 Å². The van der Waals surface area contributed by atoms with E-state index in [0.717, 1.165) is 27.0 Å². The number of rotatable bonds is 3. The van der Waals surface area contributed by atoms with Crippen molar-refractivity contribution < 1.29 is 4.79 Å². The fraction of sp³-hybridized carbons (Fsp3) is 0.188. The zero-order chi connectivity index (χ0) is 15.6. The highest BCUT2D eigenvalue weighted by Gasteiger charge is 2.09. The predicted molar refractivity (Wildman–Crippen MR) is 91.1 cm³/mol. The van der Waals surface area contributed by atoms with E-state index in [0.29, 0.717) is 11.3 Å². The topological polar surface area (TPSA) is 67.2 Å². The molecule has 0 fully saturated rings. The van der Waals surface area contributed by atoms with Crippen LogP contribution in [-0.4, -0.2) is 13.0 Å². The molecule has 110 valence electrons. The summed E-state index contributed by atoms with van der Waals surface area (Å²) in [6, 6.07) is 9.33. The Morgan fingerprint density at radius 1 is 1.14 bits per heavy atom. The number of amides is 1. The molecule has 0 radical (unpaired) electrons. The zero-order valence-electron chi connectivity index (χ0n) is 12.3. The molecule has 5 heteroatoms. The number of carbonyl (C=O) groups is 1. The fourth-order valence-corrected chi connectivity index (χ4v) is 2.89. The number of nitrogen functional groups attached to an aromatic ring is 1. The highest BCUT2D eigenvalue weighted by Crippen LogP contribution is 2.30. The van der Waals surface area contributed by atoms with Gasteiger partial charge in [0.25, 0.3) is 5.91 Å². The quantitative estimate of drug-likeness (QED) is 0.740. The molecule has 2 rings (SSSR count). The van der Waals surface area contributed by atoms with Crippen molar-refractivity contribution in [1.82, 2.24) is 5.32 Å². The van der Waals surface area contributed by atoms with Crippen molar-refractivity contribution in [3.05, 3.63) is 51.5 Å². The molecule has 0 bridgehead atoms. The van der Waals surface area contributed by atoms with Gasteiger partial charge in [0, 0.05) is 22.8 Å². The summed E-state index contributed by atoms with van der Waals surface area (Å²) in [5, 5.41) is 5.92. The third kappa shape index (κ3) is 3.36. The van der Waals surface area contributed by atoms with E-state index < -0.39 is 0 Å². The van der Waals surface area contributed by atoms with Gasteiger partial charge in [0.05, 0.1) is 11.4 Å². The summed E-state index contributed by atoms with van der Waals surface area (Å²) in [6.07, 6.45) is 0. The van der Waals surface area contributed by atoms with Crippen molar-refractivity contribution in [2.45, 2.75) is 13.8 Å². The third-order valence-electron chi connectivity index (χ3n) is 3.30. The number of nitrogens with one attached hydrogen (secondary N) is 2. The maximum Gasteiger partial charge on any atom is 0.251 e. The highest BCUT2D eigenvalue weighted by molar-refractivity contribution is 9.10. The summed E-state index contributed by atoms with van der Waals surface area (Å²) < 4.78 is 1.05. The zero-order valence-corrected chi connectivity index (χ0v) is 13.8. The monoisotopic (exact) mass is 347 g/mol. The van der Waals surface area contributed by atoms with Gasteiger partial charge in [-0.2, -0.15) is 0 Å². The number of nitrogens with two attached hydrogens (primary N) is 1. The fourth-order valence-electron chi connectivity index (χ4n) is 2.20. The molecule has 0 aliphatic heterocycles. The van der Waals surface area contributed by atoms with Gasteiger partial charge in [-0.3, -0.25) is 4.79 Å². The average Bonchev–Trinajstić information content (AvgIpc) is 2.43. The van der Waals surface area contributed by atoms with Gasteiger partial charge in [0.2, 0.25) is 0 Å². The Labute approximate surface area is 132 Å². The molecule has 4 nitrogen and oxygen atoms in total. The number of halogens is 1. The van der Waals surface area contributed by atoms with Crippen molar-refractivity contribution in [1.29, 1.82) is 0 Å². The summed E-state index contributed by atoms with van der Waals surface area (Å²) in [5.41, 5.74) is 11.2. The molecule has 0 unspecified atom stereocenters. The maximum absolute atomic E-state index is 11.6. The molecular formula is C16H18BrN3O. The number of benzene rings is 2. The first-order valence-corrected chi connectivity index (χ1v) is 7.37. The van der Waals surface area contributed by atoms with Crippen molar-refractivity contribution >= 4 is 38.9 Å². The Morgan fingerprint density at radius 3 is 2.29 bits per heavy atom. The van der Waals surface area contributed by atoms with Crippen molar-refractivity contribution in [2.75, 3.05) is 18.1 Å². The number of anilines is 3. The Balaban J connectivity index is 2.35. The number of hydrogen-bond donors (Lipinski definition) is 3. The first kappa shape index (κ1) is 15.4. The van der Waals surface area contributed by atoms with Crippen LogP contribution in [-0.2, 0) is 0 Å². The predicted octanol–water partition coefficient (Wildman–Crippen LogP) is 3.75. The van der Waals surface area contributed by atoms with Crippen LogP contribution >= 0.6 is 15.9 Å². The minimum atomic E-state index is -0.149. The van der Waals surface area contributed by atoms with Gasteiger partial charge in [0.15, 0.2) is 0 Å². The van der Waals surface area contributed by atoms with E-state index in [9.17, 15) is 4.79 Å². The van der Waals surface area contributed by atoms with Gasteiger partial charge in [-0.05, 0) is 55.3 Å². The van der Waals surface area contributed by atoms with Crippen molar-refractivity contribution in [3.63, 3.8) is 0 Å². The standard InChI is InChI=1S/C16H18BrN3O/c1-9-6-12(17)7-10(2)15(9)20-14-5-4-11(8-13(14)18)16(21)19-3/h4-8,20H,18H2,1-3H3,(H,19,21). The first-order chi connectivity index (χ1) is 9.92. The van der Waals surface area contributed by atoms with Gasteiger partial charge in [-0.25, -0.2) is 0 Å². The molecule has 0 atom stereocenters. The lowest BCUT2D eigenvalue weighted by atomic mass is 10.1. The Hall–Kier alpha value is -2.01. The first-order valence-electron chi connectivity index (χ1n) is 6.57. The van der Waals surface area contributed by atoms with Crippen molar-refractivity contribution in [2.24, 2.45) is 0 Å². The normalized spacial score (nSPS) is 10.3. The molecule has 0 aliphatic carbocycles. The van der Waals surface area contributed by atoms with Crippen LogP contribution in [0.1, 0.15) is 21.5 Å². The summed E-state index contributed by atoms with van der Waals surface area (Å²) >= 11 is 3.48. The van der Waals surface area contributed by atoms with Crippen LogP contribution in [0, 0.1) is 13.8 Å². The average molecular weight is 348 g/mol. The smallest absolute Gasteiger partial charge is 0.251 e. The van der Waals surface area contributed by atoms with E-state index >= 15 is 0 Å². The van der Waals surface area contributed by atoms with Crippen LogP contribution < -0.4 is 16.4 Å². The number of carbonyl (C=O) groups excluding carboxylic acids is 1. The molecule has 0 saturated carbocycles. The van der Waals surface area contributed by atoms with Crippen LogP contribution in [0.4, 0.5) is 17.1 Å². The van der Waals surface area contributed by atoms with Crippen LogP contribution in [0.25, 0.3) is 0 Å². The molecule has 0 aliphatic rings. The van der Waals surface area contributed by atoms with Crippen LogP contribution in [0.5, 0.6) is 0 Å². The van der Waals surface area contributed by atoms with Crippen molar-refractivity contribution in [3.8, 4) is 0 Å². The molecule has 0 saturated heterocycles. The van der Waals surface area contributed by atoms with Crippen LogP contribution in [0.2, 0.25) is 0 Å². The molecule has 0 spiro atoms. The van der Waals surface area contributed by atoms with Gasteiger partial charge < -0.3 is 16.4 Å². The largest absolute Gasteiger partial charge is 0.397 e. The van der Waals surface area contributed by atoms with Gasteiger partial charge >= 0.3 is 0 Å². The highest BCUT2D eigenvalue weighted by atomic mass is 79.9. The molecule has 2 aromatic rings. The SMILES string of the molecule is CNC(=O)c1ccc(Nc2c(C)cc(Br)cc2C)c(N)c1. The molecule has 2 aromatic carbocycles. The van der Waals surface area contributed by atoms with Gasteiger partial charge in [0.1, 0.15) is 0 Å². The minimum Gasteiger partial charge on any atom is -0.397 e. The van der Waals surface area contributed by atoms with Gasteiger partial charge in [-0.1, -0.05) is 15.9 Å². The third-order valence-corrected chi connectivity index (χ3v) is 3.76. The summed E-state index contributed by atoms with van der Waals surface area (Å²) in [6.45, 7) is 4.07. The minimum absolute atomic E-state index is 0.149. The van der Waals surface area contributed by atoms with E-state index in [4.69, 9.17) is 5.73 Å². The molecule has 21 heavy (non-hydrogen) atoms. The lowest BCUT2D eigenvalue weighted by Gasteiger charge is -2.15. The van der Waals surface area contributed by atoms with Crippen LogP contribution in [0.15, 0.2) is 34.8 Å². The summed E-state index contributed by atoms with van der Waals surface area (Å²) in [5.74, 6) is -0.149. The second-order valence-corrected chi connectivity index (χ2v) is 5.84. The molecule has 4 N–H and O–H groups in total. The number of hydrogen-bond acceptors (Lipinski definition) is 3. The molecule has 1 amide bonds.